The van der Waals surface area contributed by atoms with E-state index in [2.05, 4.69) is 24.4 Å². The quantitative estimate of drug-likeness (QED) is 0.425. The average molecular weight is 363 g/mol. The van der Waals surface area contributed by atoms with Gasteiger partial charge >= 0.3 is 0 Å². The van der Waals surface area contributed by atoms with E-state index in [-0.39, 0.29) is 5.78 Å². The second-order valence-corrected chi connectivity index (χ2v) is 6.77. The molecule has 28 heavy (non-hydrogen) atoms. The van der Waals surface area contributed by atoms with Gasteiger partial charge in [0.05, 0.1) is 17.1 Å². The number of nitrogens with zero attached hydrogens (tertiary/aromatic N) is 3. The van der Waals surface area contributed by atoms with Gasteiger partial charge in [-0.1, -0.05) is 48.5 Å². The fraction of sp³-hybridized carbons (Fsp3) is 0.0417. The van der Waals surface area contributed by atoms with Crippen molar-refractivity contribution in [3.63, 3.8) is 0 Å². The monoisotopic (exact) mass is 363 g/mol. The number of benzene rings is 2. The van der Waals surface area contributed by atoms with Crippen LogP contribution in [0.5, 0.6) is 0 Å². The molecule has 4 nitrogen and oxygen atoms in total. The zero-order valence-electron chi connectivity index (χ0n) is 15.3. The van der Waals surface area contributed by atoms with Crippen LogP contribution in [-0.4, -0.2) is 15.2 Å². The van der Waals surface area contributed by atoms with Crippen molar-refractivity contribution in [1.29, 1.82) is 0 Å². The van der Waals surface area contributed by atoms with Crippen molar-refractivity contribution in [2.75, 3.05) is 0 Å². The van der Waals surface area contributed by atoms with Gasteiger partial charge in [0.1, 0.15) is 0 Å². The Kier molecular flexibility index (Phi) is 3.76. The third kappa shape index (κ3) is 2.67. The molecule has 2 aromatic carbocycles. The number of Topliss-reactive ketones (excluding diaryl/α,β-unsaturated/α-hetero) is 1. The molecule has 0 atom stereocenters. The Labute approximate surface area is 162 Å². The summed E-state index contributed by atoms with van der Waals surface area (Å²) in [5.41, 5.74) is 6.35. The number of aromatic nitrogens is 2. The van der Waals surface area contributed by atoms with Gasteiger partial charge in [-0.2, -0.15) is 0 Å². The van der Waals surface area contributed by atoms with Gasteiger partial charge in [-0.25, -0.2) is 9.98 Å². The standard InChI is InChI=1S/C24H17N3O/c1-16(28)17-11-13-19(14-12-17)25-24-26-22-10-6-5-9-20-21(15-27(24)23(20)22)18-7-3-2-4-8-18/h2-15H,1H3. The van der Waals surface area contributed by atoms with Crippen LogP contribution in [-0.2, 0) is 0 Å². The molecule has 3 aromatic rings. The highest BCUT2D eigenvalue weighted by Gasteiger charge is 2.18. The maximum absolute atomic E-state index is 11.5. The van der Waals surface area contributed by atoms with Gasteiger partial charge in [-0.15, -0.1) is 0 Å². The van der Waals surface area contributed by atoms with Gasteiger partial charge < -0.3 is 0 Å². The summed E-state index contributed by atoms with van der Waals surface area (Å²) in [5, 5.41) is 1.15. The third-order valence-electron chi connectivity index (χ3n) is 4.94. The second kappa shape index (κ2) is 6.43. The molecule has 0 amide bonds. The summed E-state index contributed by atoms with van der Waals surface area (Å²) in [5.74, 6) is 0.0456. The van der Waals surface area contributed by atoms with E-state index in [0.29, 0.717) is 11.2 Å². The summed E-state index contributed by atoms with van der Waals surface area (Å²) >= 11 is 0. The molecule has 1 aliphatic heterocycles. The fourth-order valence-corrected chi connectivity index (χ4v) is 3.55. The molecule has 4 heteroatoms. The van der Waals surface area contributed by atoms with Crippen LogP contribution >= 0.6 is 0 Å². The van der Waals surface area contributed by atoms with Crippen LogP contribution in [0.1, 0.15) is 17.3 Å². The van der Waals surface area contributed by atoms with Gasteiger partial charge in [0.25, 0.3) is 0 Å². The molecule has 2 heterocycles. The van der Waals surface area contributed by atoms with Crippen LogP contribution < -0.4 is 5.62 Å². The molecule has 0 spiro atoms. The maximum atomic E-state index is 11.5. The van der Waals surface area contributed by atoms with Crippen molar-refractivity contribution in [3.05, 3.63) is 96.2 Å². The first-order chi connectivity index (χ1) is 13.7. The molecule has 0 saturated heterocycles. The van der Waals surface area contributed by atoms with Crippen molar-refractivity contribution >= 4 is 16.9 Å². The molecule has 0 radical (unpaired) electrons. The van der Waals surface area contributed by atoms with E-state index >= 15 is 0 Å². The van der Waals surface area contributed by atoms with Crippen molar-refractivity contribution in [2.24, 2.45) is 4.99 Å². The highest BCUT2D eigenvalue weighted by atomic mass is 16.1. The van der Waals surface area contributed by atoms with Crippen LogP contribution in [0.25, 0.3) is 27.9 Å². The number of hydrogen-bond acceptors (Lipinski definition) is 3. The summed E-state index contributed by atoms with van der Waals surface area (Å²) in [7, 11) is 0. The van der Waals surface area contributed by atoms with Gasteiger partial charge in [-0.3, -0.25) is 9.20 Å². The molecule has 0 N–H and O–H groups in total. The lowest BCUT2D eigenvalue weighted by molar-refractivity contribution is 0.101. The molecule has 1 aliphatic carbocycles. The minimum absolute atomic E-state index is 0.0456. The molecule has 0 unspecified atom stereocenters. The molecule has 0 fully saturated rings. The van der Waals surface area contributed by atoms with Gasteiger partial charge in [-0.05, 0) is 42.8 Å². The van der Waals surface area contributed by atoms with Crippen molar-refractivity contribution in [3.8, 4) is 22.5 Å². The van der Waals surface area contributed by atoms with E-state index in [4.69, 9.17) is 9.98 Å². The Morgan fingerprint density at radius 1 is 0.893 bits per heavy atom. The predicted molar refractivity (Wildman–Crippen MR) is 110 cm³/mol. The van der Waals surface area contributed by atoms with Crippen LogP contribution in [0.2, 0.25) is 0 Å². The lowest BCUT2D eigenvalue weighted by atomic mass is 10.1. The Morgan fingerprint density at radius 3 is 2.36 bits per heavy atom. The highest BCUT2D eigenvalue weighted by molar-refractivity contribution is 5.95. The van der Waals surface area contributed by atoms with Crippen LogP contribution in [0, 0.1) is 0 Å². The summed E-state index contributed by atoms with van der Waals surface area (Å²) in [6, 6.07) is 25.8. The summed E-state index contributed by atoms with van der Waals surface area (Å²) in [4.78, 5) is 20.9. The normalized spacial score (nSPS) is 12.1. The molecule has 0 saturated carbocycles. The molecular formula is C24H17N3O. The second-order valence-electron chi connectivity index (χ2n) is 6.77. The predicted octanol–water partition coefficient (Wildman–Crippen LogP) is 4.98. The van der Waals surface area contributed by atoms with Gasteiger partial charge in [0.2, 0.25) is 5.62 Å². The average Bonchev–Trinajstić information content (AvgIpc) is 3.16. The zero-order chi connectivity index (χ0) is 19.1. The Balaban J connectivity index is 1.75. The summed E-state index contributed by atoms with van der Waals surface area (Å²) < 4.78 is 2.05. The Hall–Kier alpha value is -3.79. The summed E-state index contributed by atoms with van der Waals surface area (Å²) in [6.45, 7) is 1.56. The van der Waals surface area contributed by atoms with E-state index in [1.165, 1.54) is 0 Å². The van der Waals surface area contributed by atoms with Crippen LogP contribution in [0.3, 0.4) is 0 Å². The fourth-order valence-electron chi connectivity index (χ4n) is 3.55. The number of imidazole rings is 1. The Morgan fingerprint density at radius 2 is 1.61 bits per heavy atom. The minimum atomic E-state index is 0.0456. The molecule has 0 bridgehead atoms. The van der Waals surface area contributed by atoms with Crippen molar-refractivity contribution in [1.82, 2.24) is 9.38 Å². The van der Waals surface area contributed by atoms with E-state index in [0.717, 1.165) is 33.6 Å². The summed E-state index contributed by atoms with van der Waals surface area (Å²) in [6.07, 6.45) is 2.10. The largest absolute Gasteiger partial charge is 0.295 e. The lowest BCUT2D eigenvalue weighted by Crippen LogP contribution is -2.09. The maximum Gasteiger partial charge on any atom is 0.235 e. The number of carbonyl (C=O) groups excluding carboxylic acids is 1. The van der Waals surface area contributed by atoms with Gasteiger partial charge in [0.15, 0.2) is 5.78 Å². The minimum Gasteiger partial charge on any atom is -0.295 e. The molecule has 2 aliphatic rings. The van der Waals surface area contributed by atoms with E-state index < -0.39 is 0 Å². The first-order valence-corrected chi connectivity index (χ1v) is 9.15. The number of carbonyl (C=O) groups is 1. The molecule has 5 rings (SSSR count). The van der Waals surface area contributed by atoms with Gasteiger partial charge in [0, 0.05) is 22.7 Å². The SMILES string of the molecule is CC(=O)c1ccc(N=c2nc3ccccc4c(-c5ccccc5)cn2c4-3)cc1. The van der Waals surface area contributed by atoms with Crippen LogP contribution in [0.4, 0.5) is 5.69 Å². The van der Waals surface area contributed by atoms with Crippen molar-refractivity contribution in [2.45, 2.75) is 6.92 Å². The number of hydrogen-bond donors (Lipinski definition) is 0. The zero-order valence-corrected chi connectivity index (χ0v) is 15.3. The van der Waals surface area contributed by atoms with E-state index in [9.17, 15) is 4.79 Å². The van der Waals surface area contributed by atoms with E-state index in [1.807, 2.05) is 52.9 Å². The number of rotatable bonds is 3. The topological polar surface area (TPSA) is 46.7 Å². The molecule has 134 valence electrons. The molecule has 1 aromatic heterocycles. The van der Waals surface area contributed by atoms with Crippen molar-refractivity contribution < 1.29 is 4.79 Å². The van der Waals surface area contributed by atoms with Crippen LogP contribution in [0.15, 0.2) is 90.1 Å². The Bertz CT molecular complexity index is 1320. The first-order valence-electron chi connectivity index (χ1n) is 9.15. The van der Waals surface area contributed by atoms with E-state index in [1.54, 1.807) is 19.1 Å². The first kappa shape index (κ1) is 16.4. The smallest absolute Gasteiger partial charge is 0.235 e. The molecular weight excluding hydrogens is 346 g/mol. The highest BCUT2D eigenvalue weighted by Crippen LogP contribution is 2.34. The lowest BCUT2D eigenvalue weighted by Gasteiger charge is -1.98. The number of ketones is 1. The third-order valence-corrected chi connectivity index (χ3v) is 4.94.